The Morgan fingerprint density at radius 1 is 1.37 bits per heavy atom. The lowest BCUT2D eigenvalue weighted by molar-refractivity contribution is -0.137. The molecule has 0 saturated carbocycles. The Kier molecular flexibility index (Phi) is 5.79. The molecule has 0 amide bonds. The molecule has 19 heavy (non-hydrogen) atoms. The molecule has 0 aliphatic rings. The molecule has 0 aromatic heterocycles. The second-order valence-electron chi connectivity index (χ2n) is 4.76. The molecule has 0 spiro atoms. The van der Waals surface area contributed by atoms with Crippen LogP contribution in [0.15, 0.2) is 24.3 Å². The number of hydrogen-bond acceptors (Lipinski definition) is 4. The quantitative estimate of drug-likeness (QED) is 0.697. The summed E-state index contributed by atoms with van der Waals surface area (Å²) in [6.45, 7) is 3.93. The van der Waals surface area contributed by atoms with Gasteiger partial charge in [-0.3, -0.25) is 4.79 Å². The summed E-state index contributed by atoms with van der Waals surface area (Å²) in [5.41, 5.74) is 6.86. The number of aliphatic carboxylic acids is 1. The predicted octanol–water partition coefficient (Wildman–Crippen LogP) is 1.54. The van der Waals surface area contributed by atoms with E-state index in [0.29, 0.717) is 0 Å². The third-order valence-corrected chi connectivity index (χ3v) is 2.76. The Morgan fingerprint density at radius 3 is 2.37 bits per heavy atom. The lowest BCUT2D eigenvalue weighted by Gasteiger charge is -2.23. The van der Waals surface area contributed by atoms with Crippen molar-refractivity contribution in [2.24, 2.45) is 5.73 Å². The van der Waals surface area contributed by atoms with Crippen LogP contribution in [0.2, 0.25) is 0 Å². The van der Waals surface area contributed by atoms with Crippen LogP contribution in [0.4, 0.5) is 0 Å². The van der Waals surface area contributed by atoms with Gasteiger partial charge < -0.3 is 20.9 Å². The lowest BCUT2D eigenvalue weighted by Crippen LogP contribution is -2.37. The summed E-state index contributed by atoms with van der Waals surface area (Å²) in [5, 5.41) is 11.8. The molecular weight excluding hydrogens is 244 g/mol. The van der Waals surface area contributed by atoms with Gasteiger partial charge in [0.25, 0.3) is 0 Å². The summed E-state index contributed by atoms with van der Waals surface area (Å²) in [6, 6.07) is 6.88. The number of nitrogens with one attached hydrogen (secondary N) is 1. The third-order valence-electron chi connectivity index (χ3n) is 2.76. The molecule has 0 aliphatic carbocycles. The molecule has 0 fully saturated rings. The van der Waals surface area contributed by atoms with Crippen molar-refractivity contribution in [3.8, 4) is 5.75 Å². The number of likely N-dealkylation sites (N-methyl/N-ethyl adjacent to an activating group) is 1. The smallest absolute Gasteiger partial charge is 0.304 e. The molecule has 0 aliphatic heterocycles. The van der Waals surface area contributed by atoms with Gasteiger partial charge in [0.05, 0.1) is 12.5 Å². The molecule has 1 aromatic carbocycles. The van der Waals surface area contributed by atoms with E-state index in [1.165, 1.54) is 0 Å². The number of rotatable bonds is 7. The maximum atomic E-state index is 10.7. The van der Waals surface area contributed by atoms with E-state index in [9.17, 15) is 4.79 Å². The average Bonchev–Trinajstić information content (AvgIpc) is 2.30. The average molecular weight is 266 g/mol. The fourth-order valence-electron chi connectivity index (χ4n) is 1.97. The topological polar surface area (TPSA) is 84.6 Å². The minimum Gasteiger partial charge on any atom is -0.491 e. The maximum absolute atomic E-state index is 10.7. The van der Waals surface area contributed by atoms with E-state index < -0.39 is 12.0 Å². The fraction of sp³-hybridized carbons (Fsp3) is 0.500. The maximum Gasteiger partial charge on any atom is 0.304 e. The second-order valence-corrected chi connectivity index (χ2v) is 4.76. The van der Waals surface area contributed by atoms with Gasteiger partial charge in [-0.15, -0.1) is 0 Å². The number of ether oxygens (including phenoxy) is 1. The van der Waals surface area contributed by atoms with Crippen molar-refractivity contribution in [3.63, 3.8) is 0 Å². The molecule has 5 nitrogen and oxygen atoms in total. The van der Waals surface area contributed by atoms with E-state index in [4.69, 9.17) is 15.6 Å². The number of hydrogen-bond donors (Lipinski definition) is 3. The van der Waals surface area contributed by atoms with Gasteiger partial charge in [-0.05, 0) is 38.6 Å². The zero-order valence-electron chi connectivity index (χ0n) is 11.6. The van der Waals surface area contributed by atoms with Crippen LogP contribution in [0, 0.1) is 0 Å². The summed E-state index contributed by atoms with van der Waals surface area (Å²) in [4.78, 5) is 10.7. The number of nitrogens with two attached hydrogens (primary N) is 1. The summed E-state index contributed by atoms with van der Waals surface area (Å²) in [6.07, 6.45) is 0.0515. The molecule has 0 saturated heterocycles. The number of carboxylic acids is 1. The van der Waals surface area contributed by atoms with E-state index >= 15 is 0 Å². The first-order valence-electron chi connectivity index (χ1n) is 6.35. The van der Waals surface area contributed by atoms with Crippen LogP contribution in [-0.4, -0.2) is 30.3 Å². The lowest BCUT2D eigenvalue weighted by atomic mass is 9.97. The van der Waals surface area contributed by atoms with Gasteiger partial charge in [0, 0.05) is 12.1 Å². The monoisotopic (exact) mass is 266 g/mol. The van der Waals surface area contributed by atoms with Crippen LogP contribution in [0.3, 0.4) is 0 Å². The largest absolute Gasteiger partial charge is 0.491 e. The van der Waals surface area contributed by atoms with Crippen molar-refractivity contribution in [1.29, 1.82) is 0 Å². The van der Waals surface area contributed by atoms with E-state index in [0.717, 1.165) is 11.3 Å². The summed E-state index contributed by atoms with van der Waals surface area (Å²) in [5.74, 6) is -0.104. The van der Waals surface area contributed by atoms with Crippen LogP contribution in [0.1, 0.15) is 31.9 Å². The second kappa shape index (κ2) is 7.11. The van der Waals surface area contributed by atoms with Crippen LogP contribution in [0.25, 0.3) is 0 Å². The first-order chi connectivity index (χ1) is 8.93. The highest BCUT2D eigenvalue weighted by Crippen LogP contribution is 2.21. The number of benzene rings is 1. The summed E-state index contributed by atoms with van der Waals surface area (Å²) >= 11 is 0. The highest BCUT2D eigenvalue weighted by molar-refractivity contribution is 5.67. The van der Waals surface area contributed by atoms with Gasteiger partial charge in [-0.1, -0.05) is 12.1 Å². The minimum absolute atomic E-state index is 0.0737. The Morgan fingerprint density at radius 2 is 1.95 bits per heavy atom. The molecule has 106 valence electrons. The minimum atomic E-state index is -0.896. The Labute approximate surface area is 113 Å². The molecule has 2 unspecified atom stereocenters. The van der Waals surface area contributed by atoms with Crippen LogP contribution < -0.4 is 15.8 Å². The first kappa shape index (κ1) is 15.5. The third kappa shape index (κ3) is 4.89. The van der Waals surface area contributed by atoms with Crippen molar-refractivity contribution in [3.05, 3.63) is 29.8 Å². The molecule has 1 aromatic rings. The van der Waals surface area contributed by atoms with Crippen LogP contribution in [0.5, 0.6) is 5.75 Å². The Bertz CT molecular complexity index is 404. The molecule has 0 heterocycles. The number of carbonyl (C=O) groups is 1. The van der Waals surface area contributed by atoms with E-state index in [1.807, 2.05) is 38.1 Å². The fourth-order valence-corrected chi connectivity index (χ4v) is 1.97. The molecule has 5 heteroatoms. The first-order valence-corrected chi connectivity index (χ1v) is 6.35. The van der Waals surface area contributed by atoms with Crippen molar-refractivity contribution in [2.45, 2.75) is 38.5 Å². The Hall–Kier alpha value is -1.59. The predicted molar refractivity (Wildman–Crippen MR) is 74.2 cm³/mol. The van der Waals surface area contributed by atoms with Crippen molar-refractivity contribution in [1.82, 2.24) is 5.32 Å². The van der Waals surface area contributed by atoms with Crippen molar-refractivity contribution in [2.75, 3.05) is 7.05 Å². The van der Waals surface area contributed by atoms with E-state index in [-0.39, 0.29) is 18.6 Å². The SMILES string of the molecule is CNC(c1ccc(OC(C)C)cc1)C(N)CC(=O)O. The molecular formula is C14H22N2O3. The number of carboxylic acid groups (broad SMARTS) is 1. The van der Waals surface area contributed by atoms with Crippen LogP contribution in [-0.2, 0) is 4.79 Å². The van der Waals surface area contributed by atoms with Gasteiger partial charge in [-0.2, -0.15) is 0 Å². The van der Waals surface area contributed by atoms with Gasteiger partial charge in [-0.25, -0.2) is 0 Å². The van der Waals surface area contributed by atoms with Crippen molar-refractivity contribution < 1.29 is 14.6 Å². The van der Waals surface area contributed by atoms with Gasteiger partial charge in [0.15, 0.2) is 0 Å². The molecule has 0 bridgehead atoms. The summed E-state index contributed by atoms with van der Waals surface area (Å²) in [7, 11) is 1.77. The normalized spacial score (nSPS) is 14.2. The molecule has 2 atom stereocenters. The highest BCUT2D eigenvalue weighted by Gasteiger charge is 2.20. The molecule has 1 rings (SSSR count). The van der Waals surface area contributed by atoms with Crippen molar-refractivity contribution >= 4 is 5.97 Å². The van der Waals surface area contributed by atoms with Gasteiger partial charge >= 0.3 is 5.97 Å². The van der Waals surface area contributed by atoms with E-state index in [1.54, 1.807) is 7.05 Å². The molecule has 0 radical (unpaired) electrons. The standard InChI is InChI=1S/C14H22N2O3/c1-9(2)19-11-6-4-10(5-7-11)14(16-3)12(15)8-13(17)18/h4-7,9,12,14,16H,8,15H2,1-3H3,(H,17,18). The van der Waals surface area contributed by atoms with Crippen LogP contribution >= 0.6 is 0 Å². The zero-order chi connectivity index (χ0) is 14.4. The van der Waals surface area contributed by atoms with Gasteiger partial charge in [0.2, 0.25) is 0 Å². The highest BCUT2D eigenvalue weighted by atomic mass is 16.5. The zero-order valence-corrected chi connectivity index (χ0v) is 11.6. The molecule has 4 N–H and O–H groups in total. The van der Waals surface area contributed by atoms with Gasteiger partial charge in [0.1, 0.15) is 5.75 Å². The van der Waals surface area contributed by atoms with E-state index in [2.05, 4.69) is 5.32 Å². The summed E-state index contributed by atoms with van der Waals surface area (Å²) < 4.78 is 5.56. The Balaban J connectivity index is 2.78.